The maximum Gasteiger partial charge on any atom is 0.341 e. The van der Waals surface area contributed by atoms with E-state index in [4.69, 9.17) is 9.84 Å². The Bertz CT molecular complexity index is 568. The van der Waals surface area contributed by atoms with Crippen LogP contribution in [0.2, 0.25) is 0 Å². The molecule has 0 radical (unpaired) electrons. The van der Waals surface area contributed by atoms with E-state index in [1.807, 2.05) is 12.1 Å². The summed E-state index contributed by atoms with van der Waals surface area (Å²) in [6.45, 7) is 0. The highest BCUT2D eigenvalue weighted by Crippen LogP contribution is 2.24. The number of aromatic nitrogens is 1. The van der Waals surface area contributed by atoms with E-state index in [2.05, 4.69) is 20.9 Å². The van der Waals surface area contributed by atoms with Gasteiger partial charge in [-0.1, -0.05) is 15.9 Å². The zero-order chi connectivity index (χ0) is 11.7. The van der Waals surface area contributed by atoms with Crippen LogP contribution >= 0.6 is 15.9 Å². The van der Waals surface area contributed by atoms with Gasteiger partial charge in [-0.15, -0.1) is 0 Å². The number of benzene rings is 1. The molecule has 16 heavy (non-hydrogen) atoms. The van der Waals surface area contributed by atoms with Crippen LogP contribution in [0.4, 0.5) is 0 Å². The second-order valence-electron chi connectivity index (χ2n) is 3.19. The molecule has 0 saturated carbocycles. The lowest BCUT2D eigenvalue weighted by Gasteiger charge is -2.06. The van der Waals surface area contributed by atoms with Crippen LogP contribution < -0.4 is 4.74 Å². The standard InChI is InChI=1S/C11H8BrNO3/c1-16-10-8(11(14)15)5-6-4-7(12)2-3-9(6)13-10/h2-5H,1H3,(H,14,15). The van der Waals surface area contributed by atoms with E-state index in [-0.39, 0.29) is 11.4 Å². The van der Waals surface area contributed by atoms with Gasteiger partial charge in [0, 0.05) is 9.86 Å². The van der Waals surface area contributed by atoms with Crippen molar-refractivity contribution in [2.45, 2.75) is 0 Å². The Morgan fingerprint density at radius 2 is 2.19 bits per heavy atom. The molecule has 0 atom stereocenters. The minimum Gasteiger partial charge on any atom is -0.480 e. The van der Waals surface area contributed by atoms with Crippen molar-refractivity contribution in [1.82, 2.24) is 4.98 Å². The number of pyridine rings is 1. The van der Waals surface area contributed by atoms with Crippen LogP contribution in [0.3, 0.4) is 0 Å². The van der Waals surface area contributed by atoms with Crippen molar-refractivity contribution >= 4 is 32.8 Å². The molecule has 82 valence electrons. The summed E-state index contributed by atoms with van der Waals surface area (Å²) in [5.74, 6) is -0.923. The predicted octanol–water partition coefficient (Wildman–Crippen LogP) is 2.70. The highest BCUT2D eigenvalue weighted by Gasteiger charge is 2.13. The number of carboxylic acid groups (broad SMARTS) is 1. The zero-order valence-corrected chi connectivity index (χ0v) is 9.98. The summed E-state index contributed by atoms with van der Waals surface area (Å²) in [7, 11) is 1.40. The Morgan fingerprint density at radius 1 is 1.44 bits per heavy atom. The fourth-order valence-electron chi connectivity index (χ4n) is 1.44. The van der Waals surface area contributed by atoms with Gasteiger partial charge in [0.1, 0.15) is 5.56 Å². The van der Waals surface area contributed by atoms with E-state index in [0.717, 1.165) is 9.86 Å². The fraction of sp³-hybridized carbons (Fsp3) is 0.0909. The van der Waals surface area contributed by atoms with Crippen molar-refractivity contribution in [2.75, 3.05) is 7.11 Å². The number of aromatic carboxylic acids is 1. The first kappa shape index (κ1) is 10.9. The summed E-state index contributed by atoms with van der Waals surface area (Å²) < 4.78 is 5.82. The maximum atomic E-state index is 11.0. The van der Waals surface area contributed by atoms with Crippen molar-refractivity contribution in [1.29, 1.82) is 0 Å². The van der Waals surface area contributed by atoms with Crippen molar-refractivity contribution in [3.05, 3.63) is 34.3 Å². The topological polar surface area (TPSA) is 59.4 Å². The van der Waals surface area contributed by atoms with Crippen LogP contribution in [0.5, 0.6) is 5.88 Å². The number of halogens is 1. The molecule has 1 aromatic heterocycles. The number of carboxylic acids is 1. The quantitative estimate of drug-likeness (QED) is 0.920. The molecular formula is C11H8BrNO3. The van der Waals surface area contributed by atoms with Crippen molar-refractivity contribution in [3.63, 3.8) is 0 Å². The zero-order valence-electron chi connectivity index (χ0n) is 8.40. The molecule has 2 aromatic rings. The molecule has 0 bridgehead atoms. The Kier molecular flexibility index (Phi) is 2.78. The van der Waals surface area contributed by atoms with Gasteiger partial charge in [0.05, 0.1) is 12.6 Å². The van der Waals surface area contributed by atoms with Gasteiger partial charge in [-0.05, 0) is 24.3 Å². The van der Waals surface area contributed by atoms with Crippen LogP contribution in [0.1, 0.15) is 10.4 Å². The number of fused-ring (bicyclic) bond motifs is 1. The van der Waals surface area contributed by atoms with Gasteiger partial charge in [0.25, 0.3) is 0 Å². The van der Waals surface area contributed by atoms with Crippen molar-refractivity contribution in [3.8, 4) is 5.88 Å². The minimum absolute atomic E-state index is 0.0631. The second-order valence-corrected chi connectivity index (χ2v) is 4.10. The molecule has 0 fully saturated rings. The number of ether oxygens (including phenoxy) is 1. The Hall–Kier alpha value is -1.62. The summed E-state index contributed by atoms with van der Waals surface area (Å²) in [6, 6.07) is 7.01. The average molecular weight is 282 g/mol. The van der Waals surface area contributed by atoms with Gasteiger partial charge in [-0.2, -0.15) is 0 Å². The number of rotatable bonds is 2. The lowest BCUT2D eigenvalue weighted by atomic mass is 10.1. The molecule has 0 amide bonds. The van der Waals surface area contributed by atoms with Crippen LogP contribution in [0.25, 0.3) is 10.9 Å². The molecule has 0 unspecified atom stereocenters. The van der Waals surface area contributed by atoms with Crippen LogP contribution in [-0.4, -0.2) is 23.2 Å². The third kappa shape index (κ3) is 1.86. The van der Waals surface area contributed by atoms with Gasteiger partial charge >= 0.3 is 5.97 Å². The molecule has 1 N–H and O–H groups in total. The largest absolute Gasteiger partial charge is 0.480 e. The van der Waals surface area contributed by atoms with Gasteiger partial charge in [0.2, 0.25) is 5.88 Å². The first-order valence-electron chi connectivity index (χ1n) is 4.49. The van der Waals surface area contributed by atoms with E-state index < -0.39 is 5.97 Å². The first-order chi connectivity index (χ1) is 7.61. The lowest BCUT2D eigenvalue weighted by molar-refractivity contribution is 0.0692. The number of methoxy groups -OCH3 is 1. The van der Waals surface area contributed by atoms with Crippen molar-refractivity contribution < 1.29 is 14.6 Å². The summed E-state index contributed by atoms with van der Waals surface area (Å²) in [5, 5.41) is 9.75. The van der Waals surface area contributed by atoms with Gasteiger partial charge < -0.3 is 9.84 Å². The molecule has 0 aliphatic carbocycles. The number of hydrogen-bond donors (Lipinski definition) is 1. The van der Waals surface area contributed by atoms with E-state index in [0.29, 0.717) is 5.52 Å². The van der Waals surface area contributed by atoms with E-state index >= 15 is 0 Å². The Balaban J connectivity index is 2.75. The van der Waals surface area contributed by atoms with Gasteiger partial charge in [-0.25, -0.2) is 9.78 Å². The molecule has 0 spiro atoms. The first-order valence-corrected chi connectivity index (χ1v) is 5.28. The molecule has 2 rings (SSSR count). The molecular weight excluding hydrogens is 274 g/mol. The van der Waals surface area contributed by atoms with Crippen LogP contribution in [0, 0.1) is 0 Å². The monoisotopic (exact) mass is 281 g/mol. The van der Waals surface area contributed by atoms with Crippen LogP contribution in [-0.2, 0) is 0 Å². The van der Waals surface area contributed by atoms with Crippen molar-refractivity contribution in [2.24, 2.45) is 0 Å². The average Bonchev–Trinajstić information content (AvgIpc) is 2.27. The van der Waals surface area contributed by atoms with Gasteiger partial charge in [-0.3, -0.25) is 0 Å². The van der Waals surface area contributed by atoms with E-state index in [1.54, 1.807) is 12.1 Å². The van der Waals surface area contributed by atoms with Crippen LogP contribution in [0.15, 0.2) is 28.7 Å². The predicted molar refractivity (Wildman–Crippen MR) is 63.0 cm³/mol. The summed E-state index contributed by atoms with van der Waals surface area (Å²) in [6.07, 6.45) is 0. The highest BCUT2D eigenvalue weighted by molar-refractivity contribution is 9.10. The summed E-state index contributed by atoms with van der Waals surface area (Å²) >= 11 is 3.32. The summed E-state index contributed by atoms with van der Waals surface area (Å²) in [4.78, 5) is 15.1. The fourth-order valence-corrected chi connectivity index (χ4v) is 1.82. The molecule has 5 heteroatoms. The lowest BCUT2D eigenvalue weighted by Crippen LogP contribution is -2.02. The molecule has 0 aliphatic heterocycles. The number of nitrogens with zero attached hydrogens (tertiary/aromatic N) is 1. The third-order valence-electron chi connectivity index (χ3n) is 2.17. The normalized spacial score (nSPS) is 10.4. The SMILES string of the molecule is COc1nc2ccc(Br)cc2cc1C(=O)O. The second kappa shape index (κ2) is 4.09. The smallest absolute Gasteiger partial charge is 0.341 e. The molecule has 1 heterocycles. The summed E-state index contributed by atoms with van der Waals surface area (Å²) in [5.41, 5.74) is 0.762. The Morgan fingerprint density at radius 3 is 2.81 bits per heavy atom. The number of carbonyl (C=O) groups is 1. The third-order valence-corrected chi connectivity index (χ3v) is 2.66. The molecule has 4 nitrogen and oxygen atoms in total. The maximum absolute atomic E-state index is 11.0. The minimum atomic E-state index is -1.05. The van der Waals surface area contributed by atoms with Gasteiger partial charge in [0.15, 0.2) is 0 Å². The highest BCUT2D eigenvalue weighted by atomic mass is 79.9. The Labute approximate surface area is 100.0 Å². The van der Waals surface area contributed by atoms with E-state index in [9.17, 15) is 4.79 Å². The molecule has 1 aromatic carbocycles. The van der Waals surface area contributed by atoms with E-state index in [1.165, 1.54) is 7.11 Å². The number of hydrogen-bond acceptors (Lipinski definition) is 3. The molecule has 0 aliphatic rings. The molecule has 0 saturated heterocycles.